The van der Waals surface area contributed by atoms with Gasteiger partial charge in [0.2, 0.25) is 5.95 Å². The van der Waals surface area contributed by atoms with E-state index >= 15 is 0 Å². The molecule has 1 aromatic heterocycles. The molecule has 0 unspecified atom stereocenters. The molecule has 0 fully saturated rings. The third kappa shape index (κ3) is 4.65. The van der Waals surface area contributed by atoms with Crippen molar-refractivity contribution in [1.29, 1.82) is 0 Å². The van der Waals surface area contributed by atoms with Crippen molar-refractivity contribution < 1.29 is 13.2 Å². The second kappa shape index (κ2) is 7.30. The van der Waals surface area contributed by atoms with Gasteiger partial charge >= 0.3 is 0 Å². The zero-order valence-electron chi connectivity index (χ0n) is 11.4. The highest BCUT2D eigenvalue weighted by molar-refractivity contribution is 5.48. The molecule has 0 amide bonds. The van der Waals surface area contributed by atoms with Crippen molar-refractivity contribution in [3.63, 3.8) is 0 Å². The maximum Gasteiger partial charge on any atom is 0.263 e. The van der Waals surface area contributed by atoms with Gasteiger partial charge in [-0.15, -0.1) is 0 Å². The summed E-state index contributed by atoms with van der Waals surface area (Å²) in [6.07, 6.45) is 1.01. The van der Waals surface area contributed by atoms with Crippen LogP contribution in [0.1, 0.15) is 12.0 Å². The molecule has 0 spiro atoms. The van der Waals surface area contributed by atoms with E-state index in [1.165, 1.54) is 24.4 Å². The fourth-order valence-electron chi connectivity index (χ4n) is 1.58. The number of hydrogen-bond donors (Lipinski definition) is 3. The third-order valence-electron chi connectivity index (χ3n) is 2.63. The van der Waals surface area contributed by atoms with Crippen molar-refractivity contribution in [3.8, 4) is 0 Å². The van der Waals surface area contributed by atoms with Crippen molar-refractivity contribution in [2.45, 2.75) is 6.43 Å². The summed E-state index contributed by atoms with van der Waals surface area (Å²) < 4.78 is 37.8. The van der Waals surface area contributed by atoms with E-state index in [0.717, 1.165) is 12.4 Å². The van der Waals surface area contributed by atoms with E-state index in [1.807, 2.05) is 0 Å². The number of anilines is 2. The Labute approximate surface area is 125 Å². The van der Waals surface area contributed by atoms with E-state index in [-0.39, 0.29) is 18.1 Å². The molecule has 0 radical (unpaired) electrons. The normalized spacial score (nSPS) is 11.5. The van der Waals surface area contributed by atoms with Gasteiger partial charge in [-0.05, 0) is 12.1 Å². The van der Waals surface area contributed by atoms with E-state index in [9.17, 15) is 13.2 Å². The van der Waals surface area contributed by atoms with Crippen LogP contribution in [0.15, 0.2) is 48.6 Å². The van der Waals surface area contributed by atoms with Gasteiger partial charge in [0.15, 0.2) is 5.82 Å². The lowest BCUT2D eigenvalue weighted by molar-refractivity contribution is 0.151. The quantitative estimate of drug-likeness (QED) is 0.765. The number of halogens is 3. The molecule has 0 saturated heterocycles. The molecule has 1 heterocycles. The largest absolute Gasteiger partial charge is 0.399 e. The fraction of sp³-hybridized carbons (Fsp3) is 0.143. The molecular formula is C14H14F3N5. The Hall–Kier alpha value is -2.77. The topological polar surface area (TPSA) is 75.9 Å². The minimum atomic E-state index is -2.53. The van der Waals surface area contributed by atoms with Gasteiger partial charge in [0.25, 0.3) is 6.43 Å². The van der Waals surface area contributed by atoms with E-state index in [1.54, 1.807) is 6.07 Å². The Morgan fingerprint density at radius 2 is 2.00 bits per heavy atom. The number of nitrogens with one attached hydrogen (secondary N) is 2. The summed E-state index contributed by atoms with van der Waals surface area (Å²) in [5.74, 6) is -0.299. The van der Waals surface area contributed by atoms with Gasteiger partial charge in [0, 0.05) is 23.1 Å². The lowest BCUT2D eigenvalue weighted by Gasteiger charge is -2.07. The molecule has 116 valence electrons. The Bertz CT molecular complexity index is 643. The first kappa shape index (κ1) is 15.6. The number of nitrogens with zero attached hydrogens (tertiary/aromatic N) is 2. The van der Waals surface area contributed by atoms with Crippen LogP contribution in [0, 0.1) is 5.82 Å². The molecule has 5 nitrogen and oxygen atoms in total. The molecule has 0 aliphatic rings. The minimum Gasteiger partial charge on any atom is -0.399 e. The summed E-state index contributed by atoms with van der Waals surface area (Å²) in [5.41, 5.74) is 6.58. The van der Waals surface area contributed by atoms with Crippen LogP contribution >= 0.6 is 0 Å². The summed E-state index contributed by atoms with van der Waals surface area (Å²) in [6, 6.07) is 5.85. The predicted octanol–water partition coefficient (Wildman–Crippen LogP) is 2.88. The van der Waals surface area contributed by atoms with Crippen molar-refractivity contribution in [1.82, 2.24) is 9.97 Å². The molecule has 0 atom stereocenters. The summed E-state index contributed by atoms with van der Waals surface area (Å²) in [5, 5.41) is 5.62. The average Bonchev–Trinajstić information content (AvgIpc) is 2.52. The van der Waals surface area contributed by atoms with E-state index in [4.69, 9.17) is 5.73 Å². The van der Waals surface area contributed by atoms with Crippen molar-refractivity contribution in [2.75, 3.05) is 17.2 Å². The first-order valence-electron chi connectivity index (χ1n) is 6.35. The Morgan fingerprint density at radius 1 is 1.27 bits per heavy atom. The third-order valence-corrected chi connectivity index (χ3v) is 2.63. The Kier molecular flexibility index (Phi) is 5.18. The van der Waals surface area contributed by atoms with Crippen LogP contribution in [0.4, 0.5) is 24.8 Å². The maximum absolute atomic E-state index is 12.6. The van der Waals surface area contributed by atoms with Crippen molar-refractivity contribution >= 4 is 11.6 Å². The van der Waals surface area contributed by atoms with Gasteiger partial charge < -0.3 is 16.4 Å². The standard InChI is InChI=1S/C14H14F3N5/c15-10-5-20-14(21-6-10)22-8-11(18)7-19-12-3-1-2-9(4-12)13(16)17/h1-7,13,19H,8,18H2,(H,20,21,22)/b11-7-. The summed E-state index contributed by atoms with van der Waals surface area (Å²) in [4.78, 5) is 7.43. The molecular weight excluding hydrogens is 295 g/mol. The smallest absolute Gasteiger partial charge is 0.263 e. The number of hydrogen-bond acceptors (Lipinski definition) is 5. The van der Waals surface area contributed by atoms with Crippen LogP contribution in [0.2, 0.25) is 0 Å². The summed E-state index contributed by atoms with van der Waals surface area (Å²) in [6.45, 7) is 0.215. The molecule has 4 N–H and O–H groups in total. The highest BCUT2D eigenvalue weighted by Crippen LogP contribution is 2.21. The summed E-state index contributed by atoms with van der Waals surface area (Å²) >= 11 is 0. The second-order valence-electron chi connectivity index (χ2n) is 4.37. The number of alkyl halides is 2. The highest BCUT2D eigenvalue weighted by atomic mass is 19.3. The van der Waals surface area contributed by atoms with Crippen molar-refractivity contribution in [3.05, 3.63) is 59.9 Å². The number of rotatable bonds is 6. The van der Waals surface area contributed by atoms with E-state index in [2.05, 4.69) is 20.6 Å². The predicted molar refractivity (Wildman–Crippen MR) is 77.8 cm³/mol. The van der Waals surface area contributed by atoms with E-state index < -0.39 is 12.2 Å². The molecule has 22 heavy (non-hydrogen) atoms. The minimum absolute atomic E-state index is 0.0743. The highest BCUT2D eigenvalue weighted by Gasteiger charge is 2.06. The zero-order valence-corrected chi connectivity index (χ0v) is 11.4. The van der Waals surface area contributed by atoms with Crippen LogP contribution in [0.25, 0.3) is 0 Å². The molecule has 8 heteroatoms. The zero-order chi connectivity index (χ0) is 15.9. The Balaban J connectivity index is 1.89. The van der Waals surface area contributed by atoms with Gasteiger partial charge in [-0.3, -0.25) is 0 Å². The molecule has 0 aliphatic carbocycles. The van der Waals surface area contributed by atoms with Crippen LogP contribution in [-0.4, -0.2) is 16.5 Å². The van der Waals surface area contributed by atoms with Crippen LogP contribution in [0.5, 0.6) is 0 Å². The molecule has 2 rings (SSSR count). The van der Waals surface area contributed by atoms with Gasteiger partial charge in [-0.25, -0.2) is 23.1 Å². The van der Waals surface area contributed by atoms with Gasteiger partial charge in [0.1, 0.15) is 0 Å². The SMILES string of the molecule is N/C(=C\Nc1cccc(C(F)F)c1)CNc1ncc(F)cn1. The van der Waals surface area contributed by atoms with Gasteiger partial charge in [0.05, 0.1) is 18.9 Å². The first-order valence-corrected chi connectivity index (χ1v) is 6.35. The first-order chi connectivity index (χ1) is 10.5. The van der Waals surface area contributed by atoms with Gasteiger partial charge in [-0.2, -0.15) is 0 Å². The maximum atomic E-state index is 12.6. The number of benzene rings is 1. The van der Waals surface area contributed by atoms with Crippen LogP contribution in [0.3, 0.4) is 0 Å². The van der Waals surface area contributed by atoms with E-state index in [0.29, 0.717) is 11.4 Å². The fourth-order valence-corrected chi connectivity index (χ4v) is 1.58. The van der Waals surface area contributed by atoms with Crippen LogP contribution in [-0.2, 0) is 0 Å². The second-order valence-corrected chi connectivity index (χ2v) is 4.37. The van der Waals surface area contributed by atoms with Gasteiger partial charge in [-0.1, -0.05) is 12.1 Å². The molecule has 0 saturated carbocycles. The Morgan fingerprint density at radius 3 is 2.68 bits per heavy atom. The molecule has 2 aromatic rings. The average molecular weight is 309 g/mol. The lowest BCUT2D eigenvalue weighted by Crippen LogP contribution is -2.14. The number of aromatic nitrogens is 2. The summed E-state index contributed by atoms with van der Waals surface area (Å²) in [7, 11) is 0. The molecule has 0 aliphatic heterocycles. The van der Waals surface area contributed by atoms with Crippen LogP contribution < -0.4 is 16.4 Å². The lowest BCUT2D eigenvalue weighted by atomic mass is 10.2. The number of nitrogens with two attached hydrogens (primary N) is 1. The van der Waals surface area contributed by atoms with Crippen molar-refractivity contribution in [2.24, 2.45) is 5.73 Å². The molecule has 0 bridgehead atoms. The monoisotopic (exact) mass is 309 g/mol. The molecule has 1 aromatic carbocycles.